The van der Waals surface area contributed by atoms with Gasteiger partial charge in [0.05, 0.1) is 12.8 Å². The molecule has 1 atom stereocenters. The van der Waals surface area contributed by atoms with E-state index in [1.54, 1.807) is 6.26 Å². The van der Waals surface area contributed by atoms with E-state index in [9.17, 15) is 4.79 Å². The van der Waals surface area contributed by atoms with Gasteiger partial charge in [-0.2, -0.15) is 0 Å². The molecule has 2 aromatic heterocycles. The van der Waals surface area contributed by atoms with Crippen molar-refractivity contribution in [2.24, 2.45) is 0 Å². The lowest BCUT2D eigenvalue weighted by Gasteiger charge is -2.22. The predicted octanol–water partition coefficient (Wildman–Crippen LogP) is 3.08. The second-order valence-corrected chi connectivity index (χ2v) is 6.86. The van der Waals surface area contributed by atoms with Crippen LogP contribution in [0, 0.1) is 0 Å². The summed E-state index contributed by atoms with van der Waals surface area (Å²) in [6, 6.07) is 13.4. The first kappa shape index (κ1) is 15.8. The van der Waals surface area contributed by atoms with Crippen LogP contribution in [-0.2, 0) is 11.3 Å². The molecule has 1 aliphatic heterocycles. The topological polar surface area (TPSA) is 71.3 Å². The summed E-state index contributed by atoms with van der Waals surface area (Å²) < 4.78 is 5.26. The van der Waals surface area contributed by atoms with Crippen LogP contribution in [0.15, 0.2) is 53.1 Å². The zero-order valence-electron chi connectivity index (χ0n) is 13.6. The Balaban J connectivity index is 1.46. The molecular formula is C18H18N4O2S. The van der Waals surface area contributed by atoms with Gasteiger partial charge in [-0.05, 0) is 25.0 Å². The monoisotopic (exact) mass is 354 g/mol. The first-order valence-electron chi connectivity index (χ1n) is 8.27. The minimum Gasteiger partial charge on any atom is -0.467 e. The Morgan fingerprint density at radius 3 is 2.92 bits per heavy atom. The van der Waals surface area contributed by atoms with Crippen molar-refractivity contribution in [3.8, 4) is 10.6 Å². The number of carbonyl (C=O) groups is 1. The third-order valence-corrected chi connectivity index (χ3v) is 5.26. The summed E-state index contributed by atoms with van der Waals surface area (Å²) in [4.78, 5) is 14.6. The number of nitrogens with zero attached hydrogens (tertiary/aromatic N) is 3. The Morgan fingerprint density at radius 1 is 1.24 bits per heavy atom. The maximum absolute atomic E-state index is 12.6. The third kappa shape index (κ3) is 3.41. The van der Waals surface area contributed by atoms with Gasteiger partial charge >= 0.3 is 0 Å². The molecule has 3 heterocycles. The number of hydrogen-bond acceptors (Lipinski definition) is 6. The molecule has 1 fully saturated rings. The molecule has 1 N–H and O–H groups in total. The van der Waals surface area contributed by atoms with Crippen LogP contribution in [0.5, 0.6) is 0 Å². The van der Waals surface area contributed by atoms with E-state index >= 15 is 0 Å². The SMILES string of the molecule is O=C(NCc1ccco1)C1CCCN1c1nnc(-c2ccccc2)s1. The van der Waals surface area contributed by atoms with Gasteiger partial charge in [0.2, 0.25) is 11.0 Å². The molecule has 6 nitrogen and oxygen atoms in total. The summed E-state index contributed by atoms with van der Waals surface area (Å²) in [5.41, 5.74) is 1.05. The molecule has 0 radical (unpaired) electrons. The van der Waals surface area contributed by atoms with Crippen LogP contribution in [0.1, 0.15) is 18.6 Å². The molecule has 1 aromatic carbocycles. The van der Waals surface area contributed by atoms with Crippen molar-refractivity contribution < 1.29 is 9.21 Å². The number of hydrogen-bond donors (Lipinski definition) is 1. The molecule has 0 saturated carbocycles. The van der Waals surface area contributed by atoms with Gasteiger partial charge in [-0.3, -0.25) is 4.79 Å². The number of carbonyl (C=O) groups excluding carboxylic acids is 1. The summed E-state index contributed by atoms with van der Waals surface area (Å²) in [6.07, 6.45) is 3.40. The average Bonchev–Trinajstić information content (AvgIpc) is 3.41. The minimum atomic E-state index is -0.202. The highest BCUT2D eigenvalue weighted by atomic mass is 32.1. The fourth-order valence-electron chi connectivity index (χ4n) is 3.00. The number of benzene rings is 1. The number of rotatable bonds is 5. The van der Waals surface area contributed by atoms with Gasteiger partial charge in [0, 0.05) is 12.1 Å². The van der Waals surface area contributed by atoms with Crippen LogP contribution in [-0.4, -0.2) is 28.7 Å². The highest BCUT2D eigenvalue weighted by molar-refractivity contribution is 7.18. The largest absolute Gasteiger partial charge is 0.467 e. The summed E-state index contributed by atoms with van der Waals surface area (Å²) in [6.45, 7) is 1.23. The molecule has 0 aliphatic carbocycles. The molecule has 4 rings (SSSR count). The van der Waals surface area contributed by atoms with Gasteiger partial charge in [0.1, 0.15) is 16.8 Å². The summed E-state index contributed by atoms with van der Waals surface area (Å²) in [7, 11) is 0. The predicted molar refractivity (Wildman–Crippen MR) is 96.3 cm³/mol. The van der Waals surface area contributed by atoms with Crippen molar-refractivity contribution in [3.63, 3.8) is 0 Å². The molecular weight excluding hydrogens is 336 g/mol. The highest BCUT2D eigenvalue weighted by Crippen LogP contribution is 2.32. The molecule has 1 aliphatic rings. The fraction of sp³-hybridized carbons (Fsp3) is 0.278. The fourth-order valence-corrected chi connectivity index (χ4v) is 3.93. The third-order valence-electron chi connectivity index (χ3n) is 4.25. The molecule has 1 saturated heterocycles. The number of nitrogens with one attached hydrogen (secondary N) is 1. The summed E-state index contributed by atoms with van der Waals surface area (Å²) in [5, 5.41) is 13.2. The Hall–Kier alpha value is -2.67. The van der Waals surface area contributed by atoms with E-state index in [2.05, 4.69) is 20.4 Å². The Kier molecular flexibility index (Phi) is 4.47. The standard InChI is InChI=1S/C18H18N4O2S/c23-16(19-12-14-8-5-11-24-14)15-9-4-10-22(15)18-21-20-17(25-18)13-6-2-1-3-7-13/h1-3,5-8,11,15H,4,9-10,12H2,(H,19,23). The Morgan fingerprint density at radius 2 is 2.12 bits per heavy atom. The van der Waals surface area contributed by atoms with E-state index in [1.807, 2.05) is 42.5 Å². The lowest BCUT2D eigenvalue weighted by Crippen LogP contribution is -2.43. The van der Waals surface area contributed by atoms with Gasteiger partial charge in [-0.1, -0.05) is 41.7 Å². The van der Waals surface area contributed by atoms with Gasteiger partial charge < -0.3 is 14.6 Å². The molecule has 25 heavy (non-hydrogen) atoms. The van der Waals surface area contributed by atoms with Crippen molar-refractivity contribution in [3.05, 3.63) is 54.5 Å². The van der Waals surface area contributed by atoms with E-state index in [0.717, 1.165) is 40.8 Å². The lowest BCUT2D eigenvalue weighted by molar-refractivity contribution is -0.122. The highest BCUT2D eigenvalue weighted by Gasteiger charge is 2.33. The van der Waals surface area contributed by atoms with Crippen molar-refractivity contribution >= 4 is 22.4 Å². The number of amides is 1. The van der Waals surface area contributed by atoms with E-state index in [1.165, 1.54) is 11.3 Å². The first-order chi connectivity index (χ1) is 12.3. The van der Waals surface area contributed by atoms with E-state index in [0.29, 0.717) is 6.54 Å². The second kappa shape index (κ2) is 7.06. The summed E-state index contributed by atoms with van der Waals surface area (Å²) in [5.74, 6) is 0.755. The van der Waals surface area contributed by atoms with E-state index < -0.39 is 0 Å². The van der Waals surface area contributed by atoms with Crippen LogP contribution in [0.2, 0.25) is 0 Å². The maximum Gasteiger partial charge on any atom is 0.243 e. The molecule has 128 valence electrons. The van der Waals surface area contributed by atoms with Crippen LogP contribution >= 0.6 is 11.3 Å². The molecule has 1 amide bonds. The van der Waals surface area contributed by atoms with Gasteiger partial charge in [0.25, 0.3) is 0 Å². The Bertz CT molecular complexity index is 832. The lowest BCUT2D eigenvalue weighted by atomic mass is 10.2. The average molecular weight is 354 g/mol. The zero-order valence-corrected chi connectivity index (χ0v) is 14.4. The quantitative estimate of drug-likeness (QED) is 0.762. The number of anilines is 1. The van der Waals surface area contributed by atoms with Crippen LogP contribution < -0.4 is 10.2 Å². The molecule has 7 heteroatoms. The number of aromatic nitrogens is 2. The first-order valence-corrected chi connectivity index (χ1v) is 9.08. The number of furan rings is 1. The second-order valence-electron chi connectivity index (χ2n) is 5.90. The van der Waals surface area contributed by atoms with E-state index in [-0.39, 0.29) is 11.9 Å². The molecule has 0 bridgehead atoms. The minimum absolute atomic E-state index is 0.00496. The van der Waals surface area contributed by atoms with Gasteiger partial charge in [-0.15, -0.1) is 10.2 Å². The molecule has 0 spiro atoms. The smallest absolute Gasteiger partial charge is 0.243 e. The van der Waals surface area contributed by atoms with E-state index in [4.69, 9.17) is 4.42 Å². The van der Waals surface area contributed by atoms with Crippen LogP contribution in [0.4, 0.5) is 5.13 Å². The zero-order chi connectivity index (χ0) is 17.1. The van der Waals surface area contributed by atoms with Crippen molar-refractivity contribution in [2.75, 3.05) is 11.4 Å². The maximum atomic E-state index is 12.6. The molecule has 1 unspecified atom stereocenters. The summed E-state index contributed by atoms with van der Waals surface area (Å²) >= 11 is 1.53. The van der Waals surface area contributed by atoms with Crippen LogP contribution in [0.3, 0.4) is 0 Å². The van der Waals surface area contributed by atoms with Crippen molar-refractivity contribution in [1.82, 2.24) is 15.5 Å². The normalized spacial score (nSPS) is 17.0. The van der Waals surface area contributed by atoms with Gasteiger partial charge in [-0.25, -0.2) is 0 Å². The van der Waals surface area contributed by atoms with Crippen molar-refractivity contribution in [1.29, 1.82) is 0 Å². The van der Waals surface area contributed by atoms with Gasteiger partial charge in [0.15, 0.2) is 0 Å². The van der Waals surface area contributed by atoms with Crippen molar-refractivity contribution in [2.45, 2.75) is 25.4 Å². The van der Waals surface area contributed by atoms with Crippen LogP contribution in [0.25, 0.3) is 10.6 Å². The molecule has 3 aromatic rings. The Labute approximate surface area is 149 Å².